The summed E-state index contributed by atoms with van der Waals surface area (Å²) >= 11 is 0. The SMILES string of the molecule is O=[N+]([O-])C(=NN(Cc1ccccc1)Cc1ccccc1)c1nn[nH]n1. The summed E-state index contributed by atoms with van der Waals surface area (Å²) in [4.78, 5) is 10.7. The molecular weight excluding hydrogens is 322 g/mol. The van der Waals surface area contributed by atoms with Crippen molar-refractivity contribution in [2.24, 2.45) is 5.10 Å². The fourth-order valence-corrected chi connectivity index (χ4v) is 2.27. The molecule has 2 aromatic carbocycles. The summed E-state index contributed by atoms with van der Waals surface area (Å²) in [6.45, 7) is 0.815. The Balaban J connectivity index is 1.91. The van der Waals surface area contributed by atoms with Gasteiger partial charge in [0.2, 0.25) is 0 Å². The van der Waals surface area contributed by atoms with Crippen LogP contribution in [-0.2, 0) is 13.1 Å². The largest absolute Gasteiger partial charge is 0.436 e. The second-order valence-electron chi connectivity index (χ2n) is 5.21. The van der Waals surface area contributed by atoms with E-state index < -0.39 is 10.8 Å². The number of nitro groups is 1. The van der Waals surface area contributed by atoms with Crippen LogP contribution >= 0.6 is 0 Å². The highest BCUT2D eigenvalue weighted by Crippen LogP contribution is 2.11. The van der Waals surface area contributed by atoms with Gasteiger partial charge in [0, 0.05) is 0 Å². The molecule has 0 aliphatic heterocycles. The van der Waals surface area contributed by atoms with Gasteiger partial charge in [0.25, 0.3) is 5.82 Å². The summed E-state index contributed by atoms with van der Waals surface area (Å²) in [7, 11) is 0. The van der Waals surface area contributed by atoms with Gasteiger partial charge < -0.3 is 10.1 Å². The predicted octanol–water partition coefficient (Wildman–Crippen LogP) is 1.84. The summed E-state index contributed by atoms with van der Waals surface area (Å²) < 4.78 is 0. The Morgan fingerprint density at radius 2 is 1.60 bits per heavy atom. The standard InChI is InChI=1S/C16H15N7O2/c24-23(25)16(15-17-20-21-18-15)19-22(11-13-7-3-1-4-8-13)12-14-9-5-2-6-10-14/h1-10H,11-12H2,(H,17,18,20,21). The first-order chi connectivity index (χ1) is 12.2. The Labute approximate surface area is 143 Å². The molecule has 0 radical (unpaired) electrons. The molecule has 0 spiro atoms. The van der Waals surface area contributed by atoms with Crippen molar-refractivity contribution in [2.45, 2.75) is 13.1 Å². The van der Waals surface area contributed by atoms with E-state index in [-0.39, 0.29) is 5.82 Å². The van der Waals surface area contributed by atoms with Crippen LogP contribution < -0.4 is 0 Å². The van der Waals surface area contributed by atoms with Gasteiger partial charge in [-0.05, 0) is 21.3 Å². The molecule has 0 unspecified atom stereocenters. The average Bonchev–Trinajstić information content (AvgIpc) is 3.15. The highest BCUT2D eigenvalue weighted by Gasteiger charge is 2.24. The highest BCUT2D eigenvalue weighted by molar-refractivity contribution is 5.87. The first-order valence-electron chi connectivity index (χ1n) is 7.52. The highest BCUT2D eigenvalue weighted by atomic mass is 16.6. The Morgan fingerprint density at radius 3 is 2.04 bits per heavy atom. The van der Waals surface area contributed by atoms with Gasteiger partial charge in [-0.15, -0.1) is 5.10 Å². The van der Waals surface area contributed by atoms with Crippen LogP contribution in [0, 0.1) is 10.1 Å². The van der Waals surface area contributed by atoms with E-state index in [1.165, 1.54) is 0 Å². The van der Waals surface area contributed by atoms with Gasteiger partial charge in [0.1, 0.15) is 0 Å². The van der Waals surface area contributed by atoms with Gasteiger partial charge in [0.05, 0.1) is 18.2 Å². The van der Waals surface area contributed by atoms with E-state index in [1.54, 1.807) is 5.01 Å². The summed E-state index contributed by atoms with van der Waals surface area (Å²) in [6.07, 6.45) is 0. The van der Waals surface area contributed by atoms with Crippen molar-refractivity contribution in [1.29, 1.82) is 0 Å². The smallest absolute Gasteiger partial charge is 0.358 e. The molecule has 0 saturated carbocycles. The van der Waals surface area contributed by atoms with Crippen molar-refractivity contribution in [1.82, 2.24) is 25.6 Å². The average molecular weight is 337 g/mol. The number of hydrogen-bond donors (Lipinski definition) is 1. The molecule has 3 aromatic rings. The zero-order valence-corrected chi connectivity index (χ0v) is 13.2. The summed E-state index contributed by atoms with van der Waals surface area (Å²) in [5.74, 6) is -0.614. The van der Waals surface area contributed by atoms with Crippen LogP contribution in [0.3, 0.4) is 0 Å². The number of nitrogens with one attached hydrogen (secondary N) is 1. The lowest BCUT2D eigenvalue weighted by Gasteiger charge is -2.14. The number of amidine groups is 1. The quantitative estimate of drug-likeness (QED) is 0.318. The molecule has 1 aromatic heterocycles. The fraction of sp³-hybridized carbons (Fsp3) is 0.125. The molecule has 126 valence electrons. The normalized spacial score (nSPS) is 11.3. The van der Waals surface area contributed by atoms with Gasteiger partial charge in [-0.2, -0.15) is 10.2 Å². The molecule has 0 aliphatic carbocycles. The van der Waals surface area contributed by atoms with Crippen LogP contribution in [0.25, 0.3) is 0 Å². The van der Waals surface area contributed by atoms with E-state index in [0.717, 1.165) is 11.1 Å². The molecule has 25 heavy (non-hydrogen) atoms. The molecule has 0 aliphatic rings. The predicted molar refractivity (Wildman–Crippen MR) is 89.8 cm³/mol. The van der Waals surface area contributed by atoms with Crippen molar-refractivity contribution in [2.75, 3.05) is 0 Å². The second kappa shape index (κ2) is 7.77. The zero-order valence-electron chi connectivity index (χ0n) is 13.2. The number of aromatic amines is 1. The Kier molecular flexibility index (Phi) is 5.05. The third-order valence-corrected chi connectivity index (χ3v) is 3.37. The number of nitrogens with zero attached hydrogens (tertiary/aromatic N) is 6. The molecule has 3 rings (SSSR count). The number of rotatable bonds is 6. The van der Waals surface area contributed by atoms with Gasteiger partial charge in [-0.1, -0.05) is 65.8 Å². The monoisotopic (exact) mass is 337 g/mol. The third kappa shape index (κ3) is 4.44. The number of hydrogen-bond acceptors (Lipinski definition) is 7. The molecule has 0 amide bonds. The maximum Gasteiger partial charge on any atom is 0.436 e. The lowest BCUT2D eigenvalue weighted by Crippen LogP contribution is -2.24. The second-order valence-corrected chi connectivity index (χ2v) is 5.21. The van der Waals surface area contributed by atoms with E-state index in [9.17, 15) is 10.1 Å². The summed E-state index contributed by atoms with van der Waals surface area (Å²) in [6, 6.07) is 19.2. The van der Waals surface area contributed by atoms with E-state index in [1.807, 2.05) is 60.7 Å². The first kappa shape index (κ1) is 16.2. The molecule has 0 bridgehead atoms. The molecule has 1 N–H and O–H groups in total. The van der Waals surface area contributed by atoms with E-state index >= 15 is 0 Å². The van der Waals surface area contributed by atoms with Crippen LogP contribution in [0.1, 0.15) is 17.0 Å². The van der Waals surface area contributed by atoms with E-state index in [4.69, 9.17) is 0 Å². The van der Waals surface area contributed by atoms with E-state index in [0.29, 0.717) is 13.1 Å². The Hall–Kier alpha value is -3.62. The number of tetrazole rings is 1. The summed E-state index contributed by atoms with van der Waals surface area (Å²) in [5, 5.41) is 30.0. The van der Waals surface area contributed by atoms with Crippen molar-refractivity contribution in [3.63, 3.8) is 0 Å². The van der Waals surface area contributed by atoms with Crippen molar-refractivity contribution in [3.8, 4) is 0 Å². The van der Waals surface area contributed by atoms with Crippen molar-refractivity contribution in [3.05, 3.63) is 87.7 Å². The fourth-order valence-electron chi connectivity index (χ4n) is 2.27. The van der Waals surface area contributed by atoms with Crippen LogP contribution in [0.2, 0.25) is 0 Å². The van der Waals surface area contributed by atoms with Crippen LogP contribution in [0.15, 0.2) is 65.8 Å². The molecule has 9 heteroatoms. The topological polar surface area (TPSA) is 113 Å². The lowest BCUT2D eigenvalue weighted by atomic mass is 10.2. The van der Waals surface area contributed by atoms with E-state index in [2.05, 4.69) is 25.7 Å². The molecule has 1 heterocycles. The number of hydrazone groups is 1. The van der Waals surface area contributed by atoms with Crippen molar-refractivity contribution >= 4 is 5.84 Å². The lowest BCUT2D eigenvalue weighted by molar-refractivity contribution is -0.350. The molecule has 9 nitrogen and oxygen atoms in total. The number of benzene rings is 2. The minimum absolute atomic E-state index is 0.156. The van der Waals surface area contributed by atoms with Crippen LogP contribution in [-0.4, -0.2) is 36.4 Å². The maximum absolute atomic E-state index is 11.4. The van der Waals surface area contributed by atoms with Crippen LogP contribution in [0.5, 0.6) is 0 Å². The minimum atomic E-state index is -0.617. The van der Waals surface area contributed by atoms with Crippen molar-refractivity contribution < 1.29 is 4.92 Å². The third-order valence-electron chi connectivity index (χ3n) is 3.37. The minimum Gasteiger partial charge on any atom is -0.358 e. The molecule has 0 atom stereocenters. The Morgan fingerprint density at radius 1 is 1.04 bits per heavy atom. The summed E-state index contributed by atoms with van der Waals surface area (Å²) in [5.41, 5.74) is 1.97. The first-order valence-corrected chi connectivity index (χ1v) is 7.52. The van der Waals surface area contributed by atoms with Gasteiger partial charge in [-0.3, -0.25) is 0 Å². The molecular formula is C16H15N7O2. The number of aromatic nitrogens is 4. The Bertz CT molecular complexity index is 794. The molecule has 0 fully saturated rings. The van der Waals surface area contributed by atoms with Crippen LogP contribution in [0.4, 0.5) is 0 Å². The maximum atomic E-state index is 11.4. The molecule has 0 saturated heterocycles. The zero-order chi connectivity index (χ0) is 17.5. The number of H-pyrrole nitrogens is 1. The van der Waals surface area contributed by atoms with Gasteiger partial charge in [-0.25, -0.2) is 0 Å². The van der Waals surface area contributed by atoms with Gasteiger partial charge >= 0.3 is 5.84 Å². The van der Waals surface area contributed by atoms with Gasteiger partial charge in [0.15, 0.2) is 0 Å².